The molecule has 0 bridgehead atoms. The first-order valence-electron chi connectivity index (χ1n) is 5.81. The van der Waals surface area contributed by atoms with Crippen molar-refractivity contribution in [3.8, 4) is 11.5 Å². The van der Waals surface area contributed by atoms with Crippen molar-refractivity contribution in [1.29, 1.82) is 0 Å². The molecule has 1 unspecified atom stereocenters. The molecule has 98 valence electrons. The fraction of sp³-hybridized carbons (Fsp3) is 0.462. The van der Waals surface area contributed by atoms with Crippen LogP contribution < -0.4 is 10.1 Å². The van der Waals surface area contributed by atoms with Crippen LogP contribution in [0.3, 0.4) is 0 Å². The molecule has 0 spiro atoms. The van der Waals surface area contributed by atoms with Gasteiger partial charge in [-0.05, 0) is 31.5 Å². The number of rotatable bonds is 3. The number of amides is 1. The maximum absolute atomic E-state index is 12.0. The molecule has 1 aromatic carbocycles. The van der Waals surface area contributed by atoms with Crippen LogP contribution in [0, 0.1) is 0 Å². The van der Waals surface area contributed by atoms with Gasteiger partial charge in [-0.15, -0.1) is 0 Å². The highest BCUT2D eigenvalue weighted by atomic mass is 16.5. The highest BCUT2D eigenvalue weighted by molar-refractivity contribution is 5.95. The van der Waals surface area contributed by atoms with Crippen LogP contribution in [-0.4, -0.2) is 36.9 Å². The van der Waals surface area contributed by atoms with Crippen molar-refractivity contribution in [2.45, 2.75) is 18.9 Å². The predicted octanol–water partition coefficient (Wildman–Crippen LogP) is 1.31. The van der Waals surface area contributed by atoms with Crippen LogP contribution >= 0.6 is 0 Å². The number of nitrogens with one attached hydrogen (secondary N) is 1. The summed E-state index contributed by atoms with van der Waals surface area (Å²) in [6, 6.07) is 4.58. The van der Waals surface area contributed by atoms with Crippen LogP contribution in [0.2, 0.25) is 0 Å². The van der Waals surface area contributed by atoms with E-state index < -0.39 is 0 Å². The summed E-state index contributed by atoms with van der Waals surface area (Å²) in [5.74, 6) is 0.0842. The summed E-state index contributed by atoms with van der Waals surface area (Å²) in [6.07, 6.45) is 0.793. The molecule has 0 radical (unpaired) electrons. The van der Waals surface area contributed by atoms with Gasteiger partial charge in [-0.25, -0.2) is 0 Å². The quantitative estimate of drug-likeness (QED) is 0.850. The van der Waals surface area contributed by atoms with Crippen molar-refractivity contribution in [2.75, 3.05) is 20.3 Å². The maximum Gasteiger partial charge on any atom is 0.251 e. The zero-order valence-corrected chi connectivity index (χ0v) is 10.5. The number of methoxy groups -OCH3 is 1. The van der Waals surface area contributed by atoms with Crippen molar-refractivity contribution in [2.24, 2.45) is 0 Å². The Bertz CT molecular complexity index is 452. The molecule has 1 aromatic rings. The number of phenols is 1. The average Bonchev–Trinajstić information content (AvgIpc) is 2.75. The number of hydrogen-bond donors (Lipinski definition) is 2. The lowest BCUT2D eigenvalue weighted by molar-refractivity contribution is 0.0889. The van der Waals surface area contributed by atoms with E-state index in [9.17, 15) is 9.90 Å². The Morgan fingerprint density at radius 2 is 2.33 bits per heavy atom. The third-order valence-corrected chi connectivity index (χ3v) is 3.08. The van der Waals surface area contributed by atoms with Gasteiger partial charge >= 0.3 is 0 Å². The molecule has 1 aliphatic heterocycles. The highest BCUT2D eigenvalue weighted by Gasteiger charge is 2.31. The van der Waals surface area contributed by atoms with Gasteiger partial charge in [0.1, 0.15) is 0 Å². The van der Waals surface area contributed by atoms with Crippen LogP contribution in [0.4, 0.5) is 0 Å². The number of hydrogen-bond acceptors (Lipinski definition) is 4. The SMILES string of the molecule is COc1ccc(C(=O)NC2(C)CCOC2)cc1O. The van der Waals surface area contributed by atoms with E-state index in [1.807, 2.05) is 6.92 Å². The zero-order chi connectivity index (χ0) is 13.2. The molecule has 2 rings (SSSR count). The Balaban J connectivity index is 2.11. The third-order valence-electron chi connectivity index (χ3n) is 3.08. The molecule has 1 saturated heterocycles. The second-order valence-corrected chi connectivity index (χ2v) is 4.70. The normalized spacial score (nSPS) is 22.8. The number of phenolic OH excluding ortho intramolecular Hbond substituents is 1. The Labute approximate surface area is 106 Å². The van der Waals surface area contributed by atoms with Gasteiger partial charge in [0.25, 0.3) is 5.91 Å². The monoisotopic (exact) mass is 251 g/mol. The summed E-state index contributed by atoms with van der Waals surface area (Å²) in [4.78, 5) is 12.0. The summed E-state index contributed by atoms with van der Waals surface area (Å²) in [6.45, 7) is 3.12. The van der Waals surface area contributed by atoms with E-state index in [1.165, 1.54) is 13.2 Å². The largest absolute Gasteiger partial charge is 0.504 e. The molecule has 5 heteroatoms. The standard InChI is InChI=1S/C13H17NO4/c1-13(5-6-18-8-13)14-12(16)9-3-4-11(17-2)10(15)7-9/h3-4,7,15H,5-6,8H2,1-2H3,(H,14,16). The topological polar surface area (TPSA) is 67.8 Å². The van der Waals surface area contributed by atoms with Gasteiger partial charge in [-0.1, -0.05) is 0 Å². The molecule has 2 N–H and O–H groups in total. The minimum atomic E-state index is -0.327. The molecule has 0 aliphatic carbocycles. The van der Waals surface area contributed by atoms with E-state index in [2.05, 4.69) is 5.32 Å². The number of carbonyl (C=O) groups excluding carboxylic acids is 1. The van der Waals surface area contributed by atoms with Gasteiger partial charge in [-0.3, -0.25) is 4.79 Å². The Morgan fingerprint density at radius 3 is 2.89 bits per heavy atom. The molecular weight excluding hydrogens is 234 g/mol. The molecule has 1 aliphatic rings. The van der Waals surface area contributed by atoms with Crippen molar-refractivity contribution in [3.05, 3.63) is 23.8 Å². The molecule has 1 fully saturated rings. The first kappa shape index (κ1) is 12.7. The molecule has 1 atom stereocenters. The molecule has 5 nitrogen and oxygen atoms in total. The van der Waals surface area contributed by atoms with Gasteiger partial charge < -0.3 is 19.9 Å². The number of ether oxygens (including phenoxy) is 2. The summed E-state index contributed by atoms with van der Waals surface area (Å²) in [5, 5.41) is 12.6. The zero-order valence-electron chi connectivity index (χ0n) is 10.5. The fourth-order valence-corrected chi connectivity index (χ4v) is 1.94. The van der Waals surface area contributed by atoms with Crippen molar-refractivity contribution >= 4 is 5.91 Å². The van der Waals surface area contributed by atoms with Crippen molar-refractivity contribution in [3.63, 3.8) is 0 Å². The number of benzene rings is 1. The molecule has 0 saturated carbocycles. The van der Waals surface area contributed by atoms with Gasteiger partial charge in [-0.2, -0.15) is 0 Å². The Kier molecular flexibility index (Phi) is 3.43. The van der Waals surface area contributed by atoms with Gasteiger partial charge in [0.05, 0.1) is 19.3 Å². The number of aromatic hydroxyl groups is 1. The van der Waals surface area contributed by atoms with Gasteiger partial charge in [0, 0.05) is 12.2 Å². The lowest BCUT2D eigenvalue weighted by atomic mass is 10.0. The van der Waals surface area contributed by atoms with Gasteiger partial charge in [0.2, 0.25) is 0 Å². The second-order valence-electron chi connectivity index (χ2n) is 4.70. The van der Waals surface area contributed by atoms with Crippen LogP contribution in [0.15, 0.2) is 18.2 Å². The Morgan fingerprint density at radius 1 is 1.56 bits per heavy atom. The predicted molar refractivity (Wildman–Crippen MR) is 66.0 cm³/mol. The lowest BCUT2D eigenvalue weighted by Crippen LogP contribution is -2.46. The summed E-state index contributed by atoms with van der Waals surface area (Å²) < 4.78 is 10.2. The first-order chi connectivity index (χ1) is 8.54. The third kappa shape index (κ3) is 2.56. The van der Waals surface area contributed by atoms with E-state index >= 15 is 0 Å². The minimum absolute atomic E-state index is 0.0435. The van der Waals surface area contributed by atoms with E-state index in [1.54, 1.807) is 12.1 Å². The molecule has 1 heterocycles. The average molecular weight is 251 g/mol. The smallest absolute Gasteiger partial charge is 0.251 e. The minimum Gasteiger partial charge on any atom is -0.504 e. The van der Waals surface area contributed by atoms with E-state index in [0.717, 1.165) is 6.42 Å². The maximum atomic E-state index is 12.0. The van der Waals surface area contributed by atoms with Crippen LogP contribution in [-0.2, 0) is 4.74 Å². The van der Waals surface area contributed by atoms with Crippen molar-refractivity contribution in [1.82, 2.24) is 5.32 Å². The molecular formula is C13H17NO4. The Hall–Kier alpha value is -1.75. The lowest BCUT2D eigenvalue weighted by Gasteiger charge is -2.23. The highest BCUT2D eigenvalue weighted by Crippen LogP contribution is 2.26. The van der Waals surface area contributed by atoms with E-state index in [4.69, 9.17) is 9.47 Å². The first-order valence-corrected chi connectivity index (χ1v) is 5.81. The molecule has 1 amide bonds. The number of carbonyl (C=O) groups is 1. The fourth-order valence-electron chi connectivity index (χ4n) is 1.94. The van der Waals surface area contributed by atoms with Crippen LogP contribution in [0.25, 0.3) is 0 Å². The molecule has 18 heavy (non-hydrogen) atoms. The van der Waals surface area contributed by atoms with E-state index in [0.29, 0.717) is 24.5 Å². The summed E-state index contributed by atoms with van der Waals surface area (Å²) >= 11 is 0. The summed E-state index contributed by atoms with van der Waals surface area (Å²) in [5.41, 5.74) is 0.0773. The van der Waals surface area contributed by atoms with E-state index in [-0.39, 0.29) is 17.2 Å². The summed E-state index contributed by atoms with van der Waals surface area (Å²) in [7, 11) is 1.46. The van der Waals surface area contributed by atoms with Crippen molar-refractivity contribution < 1.29 is 19.4 Å². The second kappa shape index (κ2) is 4.86. The molecule has 0 aromatic heterocycles. The van der Waals surface area contributed by atoms with Crippen LogP contribution in [0.5, 0.6) is 11.5 Å². The van der Waals surface area contributed by atoms with Gasteiger partial charge in [0.15, 0.2) is 11.5 Å². The van der Waals surface area contributed by atoms with Crippen LogP contribution in [0.1, 0.15) is 23.7 Å².